The average molecular weight is 408 g/mol. The molecule has 3 aromatic rings. The van der Waals surface area contributed by atoms with Gasteiger partial charge in [-0.15, -0.1) is 0 Å². The number of fused-ring (bicyclic) bond motifs is 1. The Hall–Kier alpha value is -2.42. The highest BCUT2D eigenvalue weighted by atomic mass is 32.2. The summed E-state index contributed by atoms with van der Waals surface area (Å²) in [5.74, 6) is 1.60. The molecule has 0 amide bonds. The van der Waals surface area contributed by atoms with Gasteiger partial charge in [-0.2, -0.15) is 0 Å². The number of hydrogen-bond acceptors (Lipinski definition) is 8. The molecule has 2 fully saturated rings. The molecule has 7 nitrogen and oxygen atoms in total. The highest BCUT2D eigenvalue weighted by Crippen LogP contribution is 2.36. The van der Waals surface area contributed by atoms with Gasteiger partial charge in [0.05, 0.1) is 40.2 Å². The van der Waals surface area contributed by atoms with Gasteiger partial charge < -0.3 is 10.6 Å². The molecule has 0 aromatic carbocycles. The fraction of sp³-hybridized carbons (Fsp3) is 0.381. The molecule has 4 heterocycles. The van der Waals surface area contributed by atoms with Crippen molar-refractivity contribution < 1.29 is 0 Å². The smallest absolute Gasteiger partial charge is 0.141 e. The highest BCUT2D eigenvalue weighted by Gasteiger charge is 2.32. The summed E-state index contributed by atoms with van der Waals surface area (Å²) in [6.45, 7) is 2.05. The first-order valence-electron chi connectivity index (χ1n) is 10.1. The number of nitrogens with one attached hydrogen (secondary N) is 4. The van der Waals surface area contributed by atoms with Crippen LogP contribution >= 0.6 is 11.8 Å². The molecule has 29 heavy (non-hydrogen) atoms. The van der Waals surface area contributed by atoms with Gasteiger partial charge in [-0.05, 0) is 55.5 Å². The Bertz CT molecular complexity index is 1010. The van der Waals surface area contributed by atoms with E-state index < -0.39 is 0 Å². The molecule has 1 saturated carbocycles. The van der Waals surface area contributed by atoms with Gasteiger partial charge in [0.25, 0.3) is 0 Å². The molecule has 1 aliphatic carbocycles. The zero-order chi connectivity index (χ0) is 19.6. The monoisotopic (exact) mass is 407 g/mol. The second-order valence-corrected chi connectivity index (χ2v) is 8.94. The van der Waals surface area contributed by atoms with Gasteiger partial charge in [0.15, 0.2) is 0 Å². The summed E-state index contributed by atoms with van der Waals surface area (Å²) in [5.41, 5.74) is 11.6. The van der Waals surface area contributed by atoms with Crippen LogP contribution in [0.15, 0.2) is 42.9 Å². The predicted molar refractivity (Wildman–Crippen MR) is 119 cm³/mol. The van der Waals surface area contributed by atoms with E-state index in [1.165, 1.54) is 25.7 Å². The number of rotatable bonds is 5. The number of thioether (sulfide) groups is 1. The van der Waals surface area contributed by atoms with Crippen LogP contribution in [0.4, 0.5) is 17.2 Å². The normalized spacial score (nSPS) is 22.2. The molecular weight excluding hydrogens is 382 g/mol. The fourth-order valence-electron chi connectivity index (χ4n) is 3.97. The van der Waals surface area contributed by atoms with Crippen LogP contribution in [0.3, 0.4) is 0 Å². The van der Waals surface area contributed by atoms with Crippen LogP contribution in [0, 0.1) is 12.8 Å². The first-order valence-corrected chi connectivity index (χ1v) is 11.1. The second-order valence-electron chi connectivity index (χ2n) is 7.69. The minimum Gasteiger partial charge on any atom is -0.353 e. The van der Waals surface area contributed by atoms with Gasteiger partial charge in [-0.1, -0.05) is 24.6 Å². The van der Waals surface area contributed by atoms with Crippen molar-refractivity contribution in [1.82, 2.24) is 25.8 Å². The van der Waals surface area contributed by atoms with Crippen molar-refractivity contribution >= 4 is 40.0 Å². The number of hydrogen-bond donors (Lipinski definition) is 4. The summed E-state index contributed by atoms with van der Waals surface area (Å²) in [4.78, 5) is 13.5. The molecule has 0 spiro atoms. The standard InChI is InChI=1S/C21H25N7S/c1-13-8-9-22-12-18(13)24-15-10-17-16(23-11-15)6-7-19(25-17)26-21-28-27-20(29-21)14-4-2-3-5-14/h6-12,14,20-21,24,27-28H,2-5H2,1H3,(H,25,26). The van der Waals surface area contributed by atoms with Crippen molar-refractivity contribution in [3.05, 3.63) is 48.4 Å². The topological polar surface area (TPSA) is 86.8 Å². The summed E-state index contributed by atoms with van der Waals surface area (Å²) in [6, 6.07) is 8.00. The first kappa shape index (κ1) is 18.6. The Balaban J connectivity index is 1.30. The van der Waals surface area contributed by atoms with Gasteiger partial charge in [0.1, 0.15) is 11.3 Å². The minimum absolute atomic E-state index is 0.109. The maximum absolute atomic E-state index is 4.78. The van der Waals surface area contributed by atoms with Crippen molar-refractivity contribution in [2.75, 3.05) is 10.6 Å². The van der Waals surface area contributed by atoms with Gasteiger partial charge >= 0.3 is 0 Å². The molecule has 1 aliphatic heterocycles. The Kier molecular flexibility index (Phi) is 5.22. The van der Waals surface area contributed by atoms with E-state index in [4.69, 9.17) is 4.98 Å². The zero-order valence-electron chi connectivity index (χ0n) is 16.4. The quantitative estimate of drug-likeness (QED) is 0.502. The number of anilines is 3. The van der Waals surface area contributed by atoms with Crippen LogP contribution in [0.2, 0.25) is 0 Å². The van der Waals surface area contributed by atoms with E-state index in [0.29, 0.717) is 5.37 Å². The molecule has 0 radical (unpaired) electrons. The van der Waals surface area contributed by atoms with Crippen LogP contribution in [-0.4, -0.2) is 25.8 Å². The van der Waals surface area contributed by atoms with Crippen molar-refractivity contribution in [1.29, 1.82) is 0 Å². The summed E-state index contributed by atoms with van der Waals surface area (Å²) >= 11 is 1.91. The van der Waals surface area contributed by atoms with Crippen LogP contribution < -0.4 is 21.5 Å². The van der Waals surface area contributed by atoms with Crippen molar-refractivity contribution in [2.24, 2.45) is 5.92 Å². The molecule has 2 unspecified atom stereocenters. The average Bonchev–Trinajstić information content (AvgIpc) is 3.41. The zero-order valence-corrected chi connectivity index (χ0v) is 17.2. The first-order chi connectivity index (χ1) is 14.2. The Morgan fingerprint density at radius 3 is 2.83 bits per heavy atom. The lowest BCUT2D eigenvalue weighted by Crippen LogP contribution is -2.38. The molecule has 8 heteroatoms. The van der Waals surface area contributed by atoms with Crippen molar-refractivity contribution in [2.45, 2.75) is 43.5 Å². The van der Waals surface area contributed by atoms with Crippen molar-refractivity contribution in [3.8, 4) is 0 Å². The number of nitrogens with zero attached hydrogens (tertiary/aromatic N) is 3. The number of hydrazine groups is 1. The molecule has 1 saturated heterocycles. The van der Waals surface area contributed by atoms with E-state index in [-0.39, 0.29) is 5.50 Å². The van der Waals surface area contributed by atoms with Gasteiger partial charge in [-0.25, -0.2) is 15.8 Å². The highest BCUT2D eigenvalue weighted by molar-refractivity contribution is 8.00. The molecule has 2 atom stereocenters. The third kappa shape index (κ3) is 4.14. The molecule has 3 aromatic heterocycles. The maximum Gasteiger partial charge on any atom is 0.141 e. The third-order valence-electron chi connectivity index (χ3n) is 5.60. The van der Waals surface area contributed by atoms with Crippen LogP contribution in [-0.2, 0) is 0 Å². The summed E-state index contributed by atoms with van der Waals surface area (Å²) in [7, 11) is 0. The SMILES string of the molecule is Cc1ccncc1Nc1cnc2ccc(NC3NNC(C4CCCC4)S3)nc2c1. The van der Waals surface area contributed by atoms with E-state index in [0.717, 1.165) is 39.7 Å². The lowest BCUT2D eigenvalue weighted by atomic mass is 10.1. The Labute approximate surface area is 174 Å². The molecule has 5 rings (SSSR count). The van der Waals surface area contributed by atoms with E-state index in [2.05, 4.69) is 38.4 Å². The lowest BCUT2D eigenvalue weighted by Gasteiger charge is -2.16. The van der Waals surface area contributed by atoms with Crippen molar-refractivity contribution in [3.63, 3.8) is 0 Å². The Morgan fingerprint density at radius 1 is 1.07 bits per heavy atom. The minimum atomic E-state index is 0.109. The number of aryl methyl sites for hydroxylation is 1. The van der Waals surface area contributed by atoms with E-state index in [1.807, 2.05) is 48.4 Å². The molecule has 150 valence electrons. The van der Waals surface area contributed by atoms with Crippen LogP contribution in [0.1, 0.15) is 31.2 Å². The van der Waals surface area contributed by atoms with Gasteiger partial charge in [0, 0.05) is 6.20 Å². The predicted octanol–water partition coefficient (Wildman–Crippen LogP) is 4.13. The van der Waals surface area contributed by atoms with Crippen LogP contribution in [0.25, 0.3) is 11.0 Å². The largest absolute Gasteiger partial charge is 0.353 e. The summed E-state index contributed by atoms with van der Waals surface area (Å²) in [6.07, 6.45) is 10.8. The van der Waals surface area contributed by atoms with Gasteiger partial charge in [0.2, 0.25) is 0 Å². The second kappa shape index (κ2) is 8.14. The summed E-state index contributed by atoms with van der Waals surface area (Å²) in [5, 5.41) is 7.34. The molecule has 0 bridgehead atoms. The number of pyridine rings is 3. The maximum atomic E-state index is 4.78. The van der Waals surface area contributed by atoms with Gasteiger partial charge in [-0.3, -0.25) is 9.97 Å². The van der Waals surface area contributed by atoms with E-state index in [1.54, 1.807) is 6.20 Å². The summed E-state index contributed by atoms with van der Waals surface area (Å²) < 4.78 is 0. The third-order valence-corrected chi connectivity index (χ3v) is 6.91. The lowest BCUT2D eigenvalue weighted by molar-refractivity contribution is 0.431. The number of aromatic nitrogens is 3. The van der Waals surface area contributed by atoms with E-state index >= 15 is 0 Å². The fourth-order valence-corrected chi connectivity index (χ4v) is 5.22. The Morgan fingerprint density at radius 2 is 1.97 bits per heavy atom. The molecular formula is C21H25N7S. The molecule has 2 aliphatic rings. The molecule has 4 N–H and O–H groups in total. The van der Waals surface area contributed by atoms with E-state index in [9.17, 15) is 0 Å². The van der Waals surface area contributed by atoms with Crippen LogP contribution in [0.5, 0.6) is 0 Å².